The minimum atomic E-state index is 0.507. The van der Waals surface area contributed by atoms with E-state index in [1.807, 2.05) is 36.4 Å². The monoisotopic (exact) mass is 212 g/mol. The fourth-order valence-electron chi connectivity index (χ4n) is 1.01. The molecule has 0 N–H and O–H groups in total. The molecule has 0 atom stereocenters. The van der Waals surface area contributed by atoms with E-state index in [1.54, 1.807) is 7.11 Å². The molecule has 0 amide bonds. The molecule has 1 rings (SSSR count). The fourth-order valence-corrected chi connectivity index (χ4v) is 1.13. The van der Waals surface area contributed by atoms with E-state index in [4.69, 9.17) is 21.1 Å². The van der Waals surface area contributed by atoms with Crippen molar-refractivity contribution < 1.29 is 9.47 Å². The zero-order valence-electron chi connectivity index (χ0n) is 8.07. The summed E-state index contributed by atoms with van der Waals surface area (Å²) in [5, 5.41) is 0. The number of rotatable bonds is 5. The average Bonchev–Trinajstić information content (AvgIpc) is 2.25. The second-order valence-corrected chi connectivity index (χ2v) is 2.90. The molecule has 0 spiro atoms. The number of hydrogen-bond acceptors (Lipinski definition) is 2. The van der Waals surface area contributed by atoms with Crippen LogP contribution in [0.4, 0.5) is 0 Å². The van der Waals surface area contributed by atoms with E-state index in [9.17, 15) is 0 Å². The fraction of sp³-hybridized carbons (Fsp3) is 0.273. The molecule has 0 unspecified atom stereocenters. The Labute approximate surface area is 89.1 Å². The van der Waals surface area contributed by atoms with Gasteiger partial charge in [0.2, 0.25) is 0 Å². The highest BCUT2D eigenvalue weighted by Crippen LogP contribution is 2.25. The van der Waals surface area contributed by atoms with Crippen LogP contribution in [0.5, 0.6) is 11.5 Å². The van der Waals surface area contributed by atoms with Crippen LogP contribution in [0.2, 0.25) is 0 Å². The van der Waals surface area contributed by atoms with Crippen LogP contribution in [-0.2, 0) is 0 Å². The van der Waals surface area contributed by atoms with Gasteiger partial charge in [-0.1, -0.05) is 24.3 Å². The Kier molecular flexibility index (Phi) is 4.94. The maximum atomic E-state index is 5.47. The Morgan fingerprint density at radius 3 is 2.57 bits per heavy atom. The first-order valence-electron chi connectivity index (χ1n) is 4.35. The summed E-state index contributed by atoms with van der Waals surface area (Å²) in [6, 6.07) is 7.54. The van der Waals surface area contributed by atoms with Crippen molar-refractivity contribution in [2.45, 2.75) is 0 Å². The topological polar surface area (TPSA) is 18.5 Å². The van der Waals surface area contributed by atoms with E-state index in [0.29, 0.717) is 12.5 Å². The van der Waals surface area contributed by atoms with Crippen LogP contribution in [0.25, 0.3) is 0 Å². The average molecular weight is 213 g/mol. The molecule has 76 valence electrons. The molecule has 0 aliphatic rings. The number of para-hydroxylation sites is 2. The molecule has 0 saturated carbocycles. The van der Waals surface area contributed by atoms with Crippen molar-refractivity contribution in [1.29, 1.82) is 0 Å². The van der Waals surface area contributed by atoms with Crippen molar-refractivity contribution in [3.05, 3.63) is 36.4 Å². The Balaban J connectivity index is 2.53. The molecule has 0 fully saturated rings. The first-order chi connectivity index (χ1) is 6.88. The molecule has 1 aromatic carbocycles. The molecule has 0 aliphatic carbocycles. The van der Waals surface area contributed by atoms with E-state index in [0.717, 1.165) is 11.5 Å². The lowest BCUT2D eigenvalue weighted by Gasteiger charge is -2.07. The summed E-state index contributed by atoms with van der Waals surface area (Å²) in [5.41, 5.74) is 0. The molecular formula is C11H13ClO2. The number of methoxy groups -OCH3 is 1. The second kappa shape index (κ2) is 6.33. The van der Waals surface area contributed by atoms with E-state index in [2.05, 4.69) is 0 Å². The van der Waals surface area contributed by atoms with Crippen LogP contribution in [0.1, 0.15) is 0 Å². The molecule has 0 heterocycles. The van der Waals surface area contributed by atoms with Crippen molar-refractivity contribution >= 4 is 11.6 Å². The highest BCUT2D eigenvalue weighted by atomic mass is 35.5. The summed E-state index contributed by atoms with van der Waals surface area (Å²) in [6.07, 6.45) is 3.72. The summed E-state index contributed by atoms with van der Waals surface area (Å²) in [7, 11) is 1.62. The molecule has 0 aromatic heterocycles. The van der Waals surface area contributed by atoms with Gasteiger partial charge in [0.25, 0.3) is 0 Å². The van der Waals surface area contributed by atoms with Gasteiger partial charge >= 0.3 is 0 Å². The standard InChI is InChI=1S/C11H13ClO2/c1-13-10-6-2-3-7-11(10)14-9-5-4-8-12/h2-7H,8-9H2,1H3/b5-4+. The number of alkyl halides is 1. The minimum absolute atomic E-state index is 0.507. The zero-order chi connectivity index (χ0) is 10.2. The van der Waals surface area contributed by atoms with E-state index < -0.39 is 0 Å². The summed E-state index contributed by atoms with van der Waals surface area (Å²) >= 11 is 5.47. The number of halogens is 1. The van der Waals surface area contributed by atoms with Gasteiger partial charge in [0, 0.05) is 5.88 Å². The summed E-state index contributed by atoms with van der Waals surface area (Å²) in [5.74, 6) is 2.00. The Hall–Kier alpha value is -1.15. The second-order valence-electron chi connectivity index (χ2n) is 2.59. The third kappa shape index (κ3) is 3.30. The van der Waals surface area contributed by atoms with Crippen LogP contribution in [0.15, 0.2) is 36.4 Å². The summed E-state index contributed by atoms with van der Waals surface area (Å²) in [4.78, 5) is 0. The van der Waals surface area contributed by atoms with Gasteiger partial charge in [-0.3, -0.25) is 0 Å². The first kappa shape index (κ1) is 10.9. The van der Waals surface area contributed by atoms with Crippen LogP contribution < -0.4 is 9.47 Å². The Morgan fingerprint density at radius 1 is 1.21 bits per heavy atom. The lowest BCUT2D eigenvalue weighted by molar-refractivity contribution is 0.326. The normalized spacial score (nSPS) is 10.4. The number of ether oxygens (including phenoxy) is 2. The molecule has 3 heteroatoms. The van der Waals surface area contributed by atoms with Crippen LogP contribution in [-0.4, -0.2) is 19.6 Å². The van der Waals surface area contributed by atoms with Gasteiger partial charge < -0.3 is 9.47 Å². The lowest BCUT2D eigenvalue weighted by Crippen LogP contribution is -1.96. The summed E-state index contributed by atoms with van der Waals surface area (Å²) in [6.45, 7) is 0.507. The maximum Gasteiger partial charge on any atom is 0.161 e. The van der Waals surface area contributed by atoms with Crippen LogP contribution >= 0.6 is 11.6 Å². The van der Waals surface area contributed by atoms with E-state index in [-0.39, 0.29) is 0 Å². The predicted octanol–water partition coefficient (Wildman–Crippen LogP) is 2.87. The lowest BCUT2D eigenvalue weighted by atomic mass is 10.3. The van der Waals surface area contributed by atoms with Gasteiger partial charge in [-0.05, 0) is 12.1 Å². The highest BCUT2D eigenvalue weighted by Gasteiger charge is 1.99. The van der Waals surface area contributed by atoms with Crippen LogP contribution in [0.3, 0.4) is 0 Å². The molecule has 0 radical (unpaired) electrons. The molecular weight excluding hydrogens is 200 g/mol. The minimum Gasteiger partial charge on any atom is -0.493 e. The van der Waals surface area contributed by atoms with Crippen molar-refractivity contribution in [3.8, 4) is 11.5 Å². The first-order valence-corrected chi connectivity index (χ1v) is 4.88. The number of allylic oxidation sites excluding steroid dienone is 1. The van der Waals surface area contributed by atoms with Gasteiger partial charge in [0.1, 0.15) is 6.61 Å². The predicted molar refractivity (Wildman–Crippen MR) is 58.3 cm³/mol. The third-order valence-corrected chi connectivity index (χ3v) is 1.84. The largest absolute Gasteiger partial charge is 0.493 e. The molecule has 2 nitrogen and oxygen atoms in total. The van der Waals surface area contributed by atoms with Crippen molar-refractivity contribution in [3.63, 3.8) is 0 Å². The van der Waals surface area contributed by atoms with Gasteiger partial charge in [0.15, 0.2) is 11.5 Å². The Morgan fingerprint density at radius 2 is 1.93 bits per heavy atom. The van der Waals surface area contributed by atoms with Gasteiger partial charge in [-0.25, -0.2) is 0 Å². The molecule has 0 aliphatic heterocycles. The third-order valence-electron chi connectivity index (χ3n) is 1.66. The quantitative estimate of drug-likeness (QED) is 0.552. The van der Waals surface area contributed by atoms with Gasteiger partial charge in [-0.2, -0.15) is 0 Å². The number of benzene rings is 1. The summed E-state index contributed by atoms with van der Waals surface area (Å²) < 4.78 is 10.6. The van der Waals surface area contributed by atoms with Crippen molar-refractivity contribution in [2.24, 2.45) is 0 Å². The highest BCUT2D eigenvalue weighted by molar-refractivity contribution is 6.18. The SMILES string of the molecule is COc1ccccc1OC/C=C/CCl. The molecule has 0 bridgehead atoms. The smallest absolute Gasteiger partial charge is 0.161 e. The molecule has 1 aromatic rings. The van der Waals surface area contributed by atoms with Gasteiger partial charge in [-0.15, -0.1) is 11.6 Å². The van der Waals surface area contributed by atoms with Crippen LogP contribution in [0, 0.1) is 0 Å². The van der Waals surface area contributed by atoms with Gasteiger partial charge in [0.05, 0.1) is 7.11 Å². The molecule has 0 saturated heterocycles. The van der Waals surface area contributed by atoms with E-state index >= 15 is 0 Å². The van der Waals surface area contributed by atoms with Crippen molar-refractivity contribution in [1.82, 2.24) is 0 Å². The number of hydrogen-bond donors (Lipinski definition) is 0. The maximum absolute atomic E-state index is 5.47. The van der Waals surface area contributed by atoms with Crippen molar-refractivity contribution in [2.75, 3.05) is 19.6 Å². The zero-order valence-corrected chi connectivity index (χ0v) is 8.83. The molecule has 14 heavy (non-hydrogen) atoms. The Bertz CT molecular complexity index is 297. The van der Waals surface area contributed by atoms with E-state index in [1.165, 1.54) is 0 Å².